The second-order valence-corrected chi connectivity index (χ2v) is 9.82. The number of para-hydroxylation sites is 1. The van der Waals surface area contributed by atoms with E-state index in [0.29, 0.717) is 59.0 Å². The molecule has 0 saturated heterocycles. The molecule has 0 aliphatic rings. The highest BCUT2D eigenvalue weighted by atomic mass is 35.5. The topological polar surface area (TPSA) is 114 Å². The molecule has 0 aliphatic carbocycles. The van der Waals surface area contributed by atoms with Crippen LogP contribution in [0, 0.1) is 0 Å². The highest BCUT2D eigenvalue weighted by Crippen LogP contribution is 2.37. The van der Waals surface area contributed by atoms with Crippen molar-refractivity contribution in [2.45, 2.75) is 19.3 Å². The van der Waals surface area contributed by atoms with Gasteiger partial charge in [-0.2, -0.15) is 0 Å². The van der Waals surface area contributed by atoms with Crippen molar-refractivity contribution in [2.24, 2.45) is 0 Å². The zero-order chi connectivity index (χ0) is 28.4. The molecule has 8 nitrogen and oxygen atoms in total. The third-order valence-corrected chi connectivity index (χ3v) is 6.40. The Kier molecular flexibility index (Phi) is 11.8. The highest BCUT2D eigenvalue weighted by molar-refractivity contribution is 6.38. The van der Waals surface area contributed by atoms with Crippen LogP contribution in [0.3, 0.4) is 0 Å². The summed E-state index contributed by atoms with van der Waals surface area (Å²) in [7, 11) is 0. The number of ether oxygens (including phenoxy) is 3. The molecule has 12 heteroatoms. The Morgan fingerprint density at radius 3 is 1.97 bits per heavy atom. The van der Waals surface area contributed by atoms with Crippen LogP contribution in [0.15, 0.2) is 48.5 Å². The number of aromatic carboxylic acids is 1. The number of hydrogen-bond donors (Lipinski definition) is 3. The average Bonchev–Trinajstić information content (AvgIpc) is 2.87. The fourth-order valence-electron chi connectivity index (χ4n) is 3.49. The van der Waals surface area contributed by atoms with E-state index in [-0.39, 0.29) is 35.2 Å². The van der Waals surface area contributed by atoms with Crippen molar-refractivity contribution < 1.29 is 34.0 Å². The smallest absolute Gasteiger partial charge is 0.337 e. The van der Waals surface area contributed by atoms with Crippen molar-refractivity contribution in [3.63, 3.8) is 0 Å². The van der Waals surface area contributed by atoms with Crippen molar-refractivity contribution in [2.75, 3.05) is 31.7 Å². The number of benzene rings is 3. The molecular weight excluding hydrogens is 592 g/mol. The zero-order valence-electron chi connectivity index (χ0n) is 20.5. The summed E-state index contributed by atoms with van der Waals surface area (Å²) in [6.45, 7) is 1.18. The van der Waals surface area contributed by atoms with Crippen LogP contribution in [0.25, 0.3) is 0 Å². The van der Waals surface area contributed by atoms with Gasteiger partial charge in [0.1, 0.15) is 6.61 Å². The van der Waals surface area contributed by atoms with E-state index in [1.807, 2.05) is 0 Å². The Morgan fingerprint density at radius 1 is 0.769 bits per heavy atom. The molecule has 3 aromatic rings. The molecule has 0 radical (unpaired) electrons. The van der Waals surface area contributed by atoms with Crippen LogP contribution in [0.4, 0.5) is 11.4 Å². The highest BCUT2D eigenvalue weighted by Gasteiger charge is 2.14. The van der Waals surface area contributed by atoms with Crippen LogP contribution in [-0.4, -0.2) is 48.6 Å². The maximum Gasteiger partial charge on any atom is 0.337 e. The van der Waals surface area contributed by atoms with Crippen LogP contribution in [-0.2, 0) is 16.0 Å². The fraction of sp³-hybridized carbons (Fsp3) is 0.259. The SMILES string of the molecule is O=C(O)CCc1cc(Cl)c(OCCCOCCOc2c(Cl)cc(Nc3ccccc3C(=O)O)cc2Cl)c(Cl)c1. The van der Waals surface area contributed by atoms with Crippen LogP contribution in [0.5, 0.6) is 11.5 Å². The molecule has 39 heavy (non-hydrogen) atoms. The number of hydrogen-bond acceptors (Lipinski definition) is 6. The van der Waals surface area contributed by atoms with E-state index < -0.39 is 11.9 Å². The lowest BCUT2D eigenvalue weighted by Crippen LogP contribution is -2.10. The van der Waals surface area contributed by atoms with E-state index in [1.165, 1.54) is 6.07 Å². The first-order chi connectivity index (χ1) is 18.7. The first-order valence-electron chi connectivity index (χ1n) is 11.8. The molecule has 3 rings (SSSR count). The number of aryl methyl sites for hydroxylation is 1. The molecule has 208 valence electrons. The molecule has 3 aromatic carbocycles. The van der Waals surface area contributed by atoms with E-state index in [0.717, 1.165) is 5.56 Å². The zero-order valence-corrected chi connectivity index (χ0v) is 23.5. The summed E-state index contributed by atoms with van der Waals surface area (Å²) in [5, 5.41) is 22.3. The van der Waals surface area contributed by atoms with E-state index in [9.17, 15) is 14.7 Å². The molecule has 0 amide bonds. The van der Waals surface area contributed by atoms with Gasteiger partial charge in [-0.1, -0.05) is 58.5 Å². The minimum absolute atomic E-state index is 0.0154. The molecule has 0 saturated carbocycles. The van der Waals surface area contributed by atoms with Crippen molar-refractivity contribution >= 4 is 69.7 Å². The lowest BCUT2D eigenvalue weighted by molar-refractivity contribution is -0.136. The number of nitrogens with one attached hydrogen (secondary N) is 1. The number of halogens is 4. The molecule has 0 unspecified atom stereocenters. The van der Waals surface area contributed by atoms with Crippen molar-refractivity contribution in [1.29, 1.82) is 0 Å². The Bertz CT molecular complexity index is 1270. The van der Waals surface area contributed by atoms with Crippen LogP contribution >= 0.6 is 46.4 Å². The quantitative estimate of drug-likeness (QED) is 0.149. The number of carboxylic acids is 2. The van der Waals surface area contributed by atoms with Gasteiger partial charge < -0.3 is 29.7 Å². The van der Waals surface area contributed by atoms with Gasteiger partial charge in [-0.05, 0) is 48.4 Å². The maximum atomic E-state index is 11.4. The van der Waals surface area contributed by atoms with Crippen molar-refractivity contribution in [3.05, 3.63) is 79.7 Å². The Morgan fingerprint density at radius 2 is 1.36 bits per heavy atom. The summed E-state index contributed by atoms with van der Waals surface area (Å²) in [4.78, 5) is 22.1. The van der Waals surface area contributed by atoms with E-state index in [2.05, 4.69) is 5.32 Å². The molecule has 0 fully saturated rings. The molecule has 0 heterocycles. The van der Waals surface area contributed by atoms with E-state index >= 15 is 0 Å². The lowest BCUT2D eigenvalue weighted by atomic mass is 10.1. The number of rotatable bonds is 15. The molecule has 0 bridgehead atoms. The van der Waals surface area contributed by atoms with E-state index in [4.69, 9.17) is 65.7 Å². The fourth-order valence-corrected chi connectivity index (χ4v) is 4.73. The summed E-state index contributed by atoms with van der Waals surface area (Å²) in [6, 6.07) is 13.0. The Labute approximate surface area is 245 Å². The first kappa shape index (κ1) is 30.7. The molecule has 0 aromatic heterocycles. The number of aliphatic carboxylic acids is 1. The van der Waals surface area contributed by atoms with Crippen LogP contribution in [0.1, 0.15) is 28.8 Å². The number of carbonyl (C=O) groups is 2. The third-order valence-electron chi connectivity index (χ3n) is 5.27. The van der Waals surface area contributed by atoms with E-state index in [1.54, 1.807) is 42.5 Å². The summed E-state index contributed by atoms with van der Waals surface area (Å²) < 4.78 is 16.9. The van der Waals surface area contributed by atoms with Gasteiger partial charge >= 0.3 is 11.9 Å². The second kappa shape index (κ2) is 15.1. The van der Waals surface area contributed by atoms with Crippen LogP contribution < -0.4 is 14.8 Å². The second-order valence-electron chi connectivity index (χ2n) is 8.19. The van der Waals surface area contributed by atoms with Gasteiger partial charge in [-0.15, -0.1) is 0 Å². The van der Waals surface area contributed by atoms with Gasteiger partial charge in [-0.25, -0.2) is 4.79 Å². The molecule has 0 spiro atoms. The van der Waals surface area contributed by atoms with Gasteiger partial charge in [-0.3, -0.25) is 4.79 Å². The van der Waals surface area contributed by atoms with Crippen LogP contribution in [0.2, 0.25) is 20.1 Å². The van der Waals surface area contributed by atoms with Crippen molar-refractivity contribution in [3.8, 4) is 11.5 Å². The first-order valence-corrected chi connectivity index (χ1v) is 13.3. The monoisotopic (exact) mass is 615 g/mol. The van der Waals surface area contributed by atoms with Gasteiger partial charge in [0.2, 0.25) is 0 Å². The summed E-state index contributed by atoms with van der Waals surface area (Å²) >= 11 is 25.1. The molecule has 0 atom stereocenters. The summed E-state index contributed by atoms with van der Waals surface area (Å²) in [5.41, 5.74) is 1.75. The van der Waals surface area contributed by atoms with Gasteiger partial charge in [0, 0.05) is 25.1 Å². The third kappa shape index (κ3) is 9.37. The molecule has 0 aliphatic heterocycles. The largest absolute Gasteiger partial charge is 0.490 e. The lowest BCUT2D eigenvalue weighted by Gasteiger charge is -2.14. The predicted octanol–water partition coefficient (Wildman–Crippen LogP) is 7.62. The van der Waals surface area contributed by atoms with Gasteiger partial charge in [0.15, 0.2) is 11.5 Å². The Hall–Kier alpha value is -2.88. The summed E-state index contributed by atoms with van der Waals surface area (Å²) in [5.74, 6) is -1.32. The van der Waals surface area contributed by atoms with Gasteiger partial charge in [0.25, 0.3) is 0 Å². The standard InChI is InChI=1S/C27H25Cl4NO7/c28-19-12-16(6-7-24(33)34)13-20(29)25(19)38-9-3-8-37-10-11-39-26-21(30)14-17(15-22(26)31)32-23-5-2-1-4-18(23)27(35)36/h1-2,4-5,12-15,32H,3,6-11H2,(H,33,34)(H,35,36). The number of carboxylic acid groups (broad SMARTS) is 2. The summed E-state index contributed by atoms with van der Waals surface area (Å²) in [6.07, 6.45) is 0.870. The number of anilines is 2. The molecular formula is C27H25Cl4NO7. The van der Waals surface area contributed by atoms with Crippen molar-refractivity contribution in [1.82, 2.24) is 0 Å². The average molecular weight is 617 g/mol. The molecule has 3 N–H and O–H groups in total. The normalized spacial score (nSPS) is 10.8. The Balaban J connectivity index is 1.40. The maximum absolute atomic E-state index is 11.4. The minimum Gasteiger partial charge on any atom is -0.490 e. The minimum atomic E-state index is -1.06. The predicted molar refractivity (Wildman–Crippen MR) is 152 cm³/mol. The van der Waals surface area contributed by atoms with Gasteiger partial charge in [0.05, 0.1) is 44.6 Å².